The molecule has 0 aromatic heterocycles. The largest absolute Gasteiger partial charge is 0.394 e. The predicted molar refractivity (Wildman–Crippen MR) is 373 cm³/mol. The minimum atomic E-state index is -1.79. The van der Waals surface area contributed by atoms with E-state index in [9.17, 15) is 45.6 Å². The van der Waals surface area contributed by atoms with E-state index in [1.54, 1.807) is 6.08 Å². The lowest BCUT2D eigenvalue weighted by Crippen LogP contribution is -2.65. The second kappa shape index (κ2) is 60.6. The van der Waals surface area contributed by atoms with Gasteiger partial charge >= 0.3 is 0 Å². The summed E-state index contributed by atoms with van der Waals surface area (Å²) in [6, 6.07) is -0.922. The first kappa shape index (κ1) is 84.0. The molecule has 2 aliphatic heterocycles. The molecule has 2 heterocycles. The number of hydrogen-bond acceptors (Lipinski definition) is 13. The van der Waals surface area contributed by atoms with Gasteiger partial charge < -0.3 is 65.1 Å². The van der Waals surface area contributed by atoms with Crippen LogP contribution < -0.4 is 5.32 Å². The molecule has 2 saturated heterocycles. The second-order valence-corrected chi connectivity index (χ2v) is 25.7. The Bertz CT molecular complexity index is 1900. The molecule has 0 aliphatic carbocycles. The molecule has 2 aliphatic rings. The van der Waals surface area contributed by atoms with Crippen molar-refractivity contribution in [1.82, 2.24) is 5.32 Å². The highest BCUT2D eigenvalue weighted by Gasteiger charge is 2.51. The SMILES string of the molecule is CC/C=C\C/C=C\C/C=C\C/C=C\C/C=C\C/C=C\C/C=C\CCCCCCCCCCCCCCCC(=O)NC(COC1OC(CO)C(OC2OC(CO)C(O)C(O)C2O)C(O)C1O)C(O)/C=C/CCCCCCCCCCCCCCCCCCCCCC. The summed E-state index contributed by atoms with van der Waals surface area (Å²) in [5.74, 6) is -0.241. The van der Waals surface area contributed by atoms with Crippen molar-refractivity contribution in [2.45, 2.75) is 364 Å². The van der Waals surface area contributed by atoms with Gasteiger partial charge in [0.15, 0.2) is 12.6 Å². The van der Waals surface area contributed by atoms with Crippen LogP contribution in [0.3, 0.4) is 0 Å². The Morgan fingerprint density at radius 3 is 1.16 bits per heavy atom. The monoisotopic (exact) mass is 1280 g/mol. The molecule has 2 rings (SSSR count). The van der Waals surface area contributed by atoms with Crippen molar-refractivity contribution in [3.05, 3.63) is 97.2 Å². The predicted octanol–water partition coefficient (Wildman–Crippen LogP) is 15.7. The normalized spacial score (nSPS) is 23.4. The third-order valence-electron chi connectivity index (χ3n) is 17.5. The first-order valence-electron chi connectivity index (χ1n) is 37.0. The molecular formula is C77H135NO13. The van der Waals surface area contributed by atoms with E-state index in [4.69, 9.17) is 18.9 Å². The Labute approximate surface area is 553 Å². The van der Waals surface area contributed by atoms with Gasteiger partial charge in [0, 0.05) is 6.42 Å². The maximum Gasteiger partial charge on any atom is 0.220 e. The first-order valence-corrected chi connectivity index (χ1v) is 37.0. The summed E-state index contributed by atoms with van der Waals surface area (Å²) in [7, 11) is 0. The standard InChI is InChI=1S/C77H135NO13/c1-3-5-7-9-11-13-15-17-19-21-23-25-27-28-29-30-31-32-33-34-35-36-37-38-39-41-43-45-47-49-51-53-55-57-59-61-69(82)78-65(64-88-76-74(87)72(85)75(68(63-80)90-76)91-77-73(86)71(84)70(83)67(62-79)89-77)66(81)60-58-56-54-52-50-48-46-44-42-40-26-24-22-20-18-16-14-12-10-8-6-4-2/h5,7,11,13,17,19,23,25,28-29,31-32,34-35,58,60,65-68,70-77,79-81,83-87H,3-4,6,8-10,12,14-16,18,20-22,24,26-27,30,33,36-57,59,61-64H2,1-2H3,(H,78,82)/b7-5-,13-11-,19-17-,25-23-,29-28-,32-31-,35-34-,60-58+. The molecular weight excluding hydrogens is 1150 g/mol. The summed E-state index contributed by atoms with van der Waals surface area (Å²) in [5, 5.41) is 87.5. The number of aliphatic hydroxyl groups excluding tert-OH is 8. The molecule has 0 radical (unpaired) electrons. The fourth-order valence-electron chi connectivity index (χ4n) is 11.7. The van der Waals surface area contributed by atoms with Crippen molar-refractivity contribution in [3.63, 3.8) is 0 Å². The van der Waals surface area contributed by atoms with Gasteiger partial charge in [-0.05, 0) is 77.0 Å². The highest BCUT2D eigenvalue weighted by atomic mass is 16.7. The third-order valence-corrected chi connectivity index (χ3v) is 17.5. The zero-order chi connectivity index (χ0) is 65.9. The molecule has 91 heavy (non-hydrogen) atoms. The van der Waals surface area contributed by atoms with Gasteiger partial charge in [-0.3, -0.25) is 4.79 Å². The zero-order valence-corrected chi connectivity index (χ0v) is 57.3. The van der Waals surface area contributed by atoms with Crippen LogP contribution in [0.5, 0.6) is 0 Å². The van der Waals surface area contributed by atoms with Crippen LogP contribution in [0.15, 0.2) is 97.2 Å². The Morgan fingerprint density at radius 2 is 0.758 bits per heavy atom. The number of rotatable bonds is 60. The summed E-state index contributed by atoms with van der Waals surface area (Å²) in [6.45, 7) is 2.71. The molecule has 12 unspecified atom stereocenters. The lowest BCUT2D eigenvalue weighted by molar-refractivity contribution is -0.359. The van der Waals surface area contributed by atoms with E-state index in [1.807, 2.05) is 6.08 Å². The fraction of sp³-hybridized carbons (Fsp3) is 0.779. The number of ether oxygens (including phenoxy) is 4. The quantitative estimate of drug-likeness (QED) is 0.0204. The van der Waals surface area contributed by atoms with Crippen molar-refractivity contribution < 1.29 is 64.6 Å². The molecule has 0 bridgehead atoms. The van der Waals surface area contributed by atoms with E-state index in [2.05, 4.69) is 104 Å². The Kier molecular flexibility index (Phi) is 55.9. The highest BCUT2D eigenvalue weighted by molar-refractivity contribution is 5.76. The summed E-state index contributed by atoms with van der Waals surface area (Å²) in [6.07, 6.45) is 68.8. The maximum atomic E-state index is 13.4. The number of hydrogen-bond donors (Lipinski definition) is 9. The van der Waals surface area contributed by atoms with Crippen molar-refractivity contribution in [2.24, 2.45) is 0 Å². The molecule has 0 saturated carbocycles. The summed E-state index contributed by atoms with van der Waals surface area (Å²) < 4.78 is 22.9. The number of carbonyl (C=O) groups excluding carboxylic acids is 1. The first-order chi connectivity index (χ1) is 44.6. The molecule has 0 aromatic rings. The molecule has 12 atom stereocenters. The van der Waals surface area contributed by atoms with Gasteiger partial charge in [-0.25, -0.2) is 0 Å². The van der Waals surface area contributed by atoms with Gasteiger partial charge in [-0.15, -0.1) is 0 Å². The van der Waals surface area contributed by atoms with E-state index in [0.29, 0.717) is 6.42 Å². The van der Waals surface area contributed by atoms with Crippen LogP contribution in [0.25, 0.3) is 0 Å². The molecule has 0 aromatic carbocycles. The molecule has 2 fully saturated rings. The van der Waals surface area contributed by atoms with E-state index < -0.39 is 86.8 Å². The van der Waals surface area contributed by atoms with Crippen molar-refractivity contribution in [3.8, 4) is 0 Å². The molecule has 526 valence electrons. The zero-order valence-electron chi connectivity index (χ0n) is 57.3. The van der Waals surface area contributed by atoms with E-state index in [1.165, 1.54) is 173 Å². The Morgan fingerprint density at radius 1 is 0.407 bits per heavy atom. The van der Waals surface area contributed by atoms with Crippen molar-refractivity contribution >= 4 is 5.91 Å². The Balaban J connectivity index is 1.65. The van der Waals surface area contributed by atoms with Crippen LogP contribution in [-0.4, -0.2) is 140 Å². The molecule has 14 heteroatoms. The van der Waals surface area contributed by atoms with Crippen LogP contribution in [0.4, 0.5) is 0 Å². The fourth-order valence-corrected chi connectivity index (χ4v) is 11.7. The minimum absolute atomic E-state index is 0.241. The average molecular weight is 1280 g/mol. The van der Waals surface area contributed by atoms with Crippen molar-refractivity contribution in [1.29, 1.82) is 0 Å². The van der Waals surface area contributed by atoms with Gasteiger partial charge in [0.05, 0.1) is 32.0 Å². The average Bonchev–Trinajstić information content (AvgIpc) is 0.888. The van der Waals surface area contributed by atoms with E-state index in [0.717, 1.165) is 89.9 Å². The van der Waals surface area contributed by atoms with E-state index >= 15 is 0 Å². The van der Waals surface area contributed by atoms with Crippen LogP contribution in [-0.2, 0) is 23.7 Å². The Hall–Kier alpha value is -3.09. The van der Waals surface area contributed by atoms with E-state index in [-0.39, 0.29) is 18.9 Å². The van der Waals surface area contributed by atoms with Gasteiger partial charge in [0.25, 0.3) is 0 Å². The smallest absolute Gasteiger partial charge is 0.220 e. The maximum absolute atomic E-state index is 13.4. The van der Waals surface area contributed by atoms with Gasteiger partial charge in [-0.2, -0.15) is 0 Å². The number of allylic oxidation sites excluding steroid dienone is 15. The molecule has 9 N–H and O–H groups in total. The molecule has 0 spiro atoms. The van der Waals surface area contributed by atoms with Gasteiger partial charge in [-0.1, -0.05) is 304 Å². The summed E-state index contributed by atoms with van der Waals surface area (Å²) in [5.41, 5.74) is 0. The van der Waals surface area contributed by atoms with Crippen LogP contribution >= 0.6 is 0 Å². The second-order valence-electron chi connectivity index (χ2n) is 25.7. The lowest BCUT2D eigenvalue weighted by Gasteiger charge is -2.46. The van der Waals surface area contributed by atoms with Gasteiger partial charge in [0.1, 0.15) is 48.8 Å². The number of nitrogens with one attached hydrogen (secondary N) is 1. The minimum Gasteiger partial charge on any atom is -0.394 e. The van der Waals surface area contributed by atoms with Crippen LogP contribution in [0, 0.1) is 0 Å². The van der Waals surface area contributed by atoms with Crippen LogP contribution in [0.2, 0.25) is 0 Å². The number of aliphatic hydroxyl groups is 8. The summed E-state index contributed by atoms with van der Waals surface area (Å²) >= 11 is 0. The molecule has 1 amide bonds. The highest BCUT2D eigenvalue weighted by Crippen LogP contribution is 2.30. The number of carbonyl (C=O) groups is 1. The lowest BCUT2D eigenvalue weighted by atomic mass is 9.97. The topological polar surface area (TPSA) is 228 Å². The van der Waals surface area contributed by atoms with Crippen LogP contribution in [0.1, 0.15) is 290 Å². The number of amides is 1. The third kappa shape index (κ3) is 44.3. The molecule has 14 nitrogen and oxygen atoms in total. The number of unbranched alkanes of at least 4 members (excludes halogenated alkanes) is 33. The van der Waals surface area contributed by atoms with Gasteiger partial charge in [0.2, 0.25) is 5.91 Å². The summed E-state index contributed by atoms with van der Waals surface area (Å²) in [4.78, 5) is 13.4. The van der Waals surface area contributed by atoms with Crippen molar-refractivity contribution in [2.75, 3.05) is 19.8 Å².